The maximum Gasteiger partial charge on any atom is 0.191 e. The highest BCUT2D eigenvalue weighted by Crippen LogP contribution is 2.15. The first-order chi connectivity index (χ1) is 14.2. The molecule has 1 aliphatic rings. The number of rotatable bonds is 9. The van der Waals surface area contributed by atoms with Gasteiger partial charge in [-0.25, -0.2) is 4.99 Å². The van der Waals surface area contributed by atoms with Crippen LogP contribution in [0.1, 0.15) is 43.6 Å². The average molecular weight is 398 g/mol. The highest BCUT2D eigenvalue weighted by Gasteiger charge is 2.22. The number of benzene rings is 1. The Morgan fingerprint density at radius 1 is 1.24 bits per heavy atom. The largest absolute Gasteiger partial charge is 0.355 e. The van der Waals surface area contributed by atoms with Crippen molar-refractivity contribution in [3.8, 4) is 0 Å². The van der Waals surface area contributed by atoms with Gasteiger partial charge in [-0.2, -0.15) is 0 Å². The number of likely N-dealkylation sites (tertiary alicyclic amines) is 1. The molecule has 7 nitrogen and oxygen atoms in total. The van der Waals surface area contributed by atoms with E-state index in [2.05, 4.69) is 75.3 Å². The minimum Gasteiger partial charge on any atom is -0.355 e. The molecule has 0 saturated carbocycles. The number of aromatic nitrogens is 3. The van der Waals surface area contributed by atoms with E-state index < -0.39 is 0 Å². The first-order valence-corrected chi connectivity index (χ1v) is 10.9. The van der Waals surface area contributed by atoms with E-state index in [1.807, 2.05) is 0 Å². The Kier molecular flexibility index (Phi) is 8.04. The van der Waals surface area contributed by atoms with Gasteiger partial charge in [0.2, 0.25) is 0 Å². The predicted octanol–water partition coefficient (Wildman–Crippen LogP) is 2.37. The molecule has 1 fully saturated rings. The van der Waals surface area contributed by atoms with Gasteiger partial charge in [0.1, 0.15) is 12.2 Å². The van der Waals surface area contributed by atoms with Crippen molar-refractivity contribution in [3.63, 3.8) is 0 Å². The third kappa shape index (κ3) is 6.03. The van der Waals surface area contributed by atoms with E-state index in [1.165, 1.54) is 30.5 Å². The molecule has 158 valence electrons. The second-order valence-electron chi connectivity index (χ2n) is 7.62. The monoisotopic (exact) mass is 397 g/mol. The van der Waals surface area contributed by atoms with Crippen molar-refractivity contribution in [2.24, 2.45) is 4.99 Å². The summed E-state index contributed by atoms with van der Waals surface area (Å²) in [6.07, 6.45) is 5.24. The summed E-state index contributed by atoms with van der Waals surface area (Å²) in [4.78, 5) is 7.42. The van der Waals surface area contributed by atoms with Crippen molar-refractivity contribution in [2.75, 3.05) is 26.2 Å². The molecule has 2 aromatic rings. The smallest absolute Gasteiger partial charge is 0.191 e. The molecule has 7 heteroatoms. The summed E-state index contributed by atoms with van der Waals surface area (Å²) >= 11 is 0. The Morgan fingerprint density at radius 3 is 2.90 bits per heavy atom. The Labute approximate surface area is 174 Å². The SMILES string of the molecule is CCc1nncn1CCNC(=NCc1ccccc1C)NCC1CCCN1CC. The summed E-state index contributed by atoms with van der Waals surface area (Å²) in [5.74, 6) is 1.89. The van der Waals surface area contributed by atoms with Crippen LogP contribution in [0.25, 0.3) is 0 Å². The molecule has 2 heterocycles. The van der Waals surface area contributed by atoms with Crippen LogP contribution in [0.15, 0.2) is 35.6 Å². The van der Waals surface area contributed by atoms with Crippen LogP contribution in [0.4, 0.5) is 0 Å². The predicted molar refractivity (Wildman–Crippen MR) is 118 cm³/mol. The van der Waals surface area contributed by atoms with Crippen LogP contribution in [-0.2, 0) is 19.5 Å². The number of hydrogen-bond acceptors (Lipinski definition) is 4. The lowest BCUT2D eigenvalue weighted by Gasteiger charge is -2.24. The van der Waals surface area contributed by atoms with Gasteiger partial charge < -0.3 is 15.2 Å². The fourth-order valence-electron chi connectivity index (χ4n) is 3.92. The van der Waals surface area contributed by atoms with E-state index >= 15 is 0 Å². The van der Waals surface area contributed by atoms with Crippen molar-refractivity contribution in [1.82, 2.24) is 30.3 Å². The quantitative estimate of drug-likeness (QED) is 0.502. The van der Waals surface area contributed by atoms with Crippen LogP contribution in [0.2, 0.25) is 0 Å². The second-order valence-corrected chi connectivity index (χ2v) is 7.62. The van der Waals surface area contributed by atoms with Crippen LogP contribution in [0.3, 0.4) is 0 Å². The molecule has 1 saturated heterocycles. The molecule has 0 amide bonds. The summed E-state index contributed by atoms with van der Waals surface area (Å²) in [5, 5.41) is 15.3. The molecule has 0 aliphatic carbocycles. The van der Waals surface area contributed by atoms with Crippen LogP contribution >= 0.6 is 0 Å². The summed E-state index contributed by atoms with van der Waals surface area (Å²) in [7, 11) is 0. The van der Waals surface area contributed by atoms with Crippen LogP contribution < -0.4 is 10.6 Å². The standard InChI is InChI=1S/C22H35N7/c1-4-21-27-26-17-29(21)14-12-23-22(24-15-19-10-7-6-9-18(19)3)25-16-20-11-8-13-28(20)5-2/h6-7,9-10,17,20H,4-5,8,11-16H2,1-3H3,(H2,23,24,25). The molecular weight excluding hydrogens is 362 g/mol. The van der Waals surface area contributed by atoms with Gasteiger partial charge in [0.05, 0.1) is 6.54 Å². The van der Waals surface area contributed by atoms with E-state index in [4.69, 9.17) is 4.99 Å². The molecule has 1 atom stereocenters. The lowest BCUT2D eigenvalue weighted by Crippen LogP contribution is -2.45. The molecule has 1 aliphatic heterocycles. The van der Waals surface area contributed by atoms with E-state index in [0.29, 0.717) is 12.6 Å². The van der Waals surface area contributed by atoms with E-state index in [0.717, 1.165) is 44.4 Å². The summed E-state index contributed by atoms with van der Waals surface area (Å²) < 4.78 is 2.10. The molecule has 1 unspecified atom stereocenters. The summed E-state index contributed by atoms with van der Waals surface area (Å²) in [6, 6.07) is 9.03. The zero-order valence-electron chi connectivity index (χ0n) is 18.1. The number of hydrogen-bond donors (Lipinski definition) is 2. The van der Waals surface area contributed by atoms with Gasteiger partial charge in [0.25, 0.3) is 0 Å². The topological polar surface area (TPSA) is 70.4 Å². The van der Waals surface area contributed by atoms with Crippen molar-refractivity contribution < 1.29 is 0 Å². The molecule has 2 N–H and O–H groups in total. The third-order valence-corrected chi connectivity index (χ3v) is 5.74. The van der Waals surface area contributed by atoms with Crippen molar-refractivity contribution in [3.05, 3.63) is 47.5 Å². The molecule has 1 aromatic carbocycles. The van der Waals surface area contributed by atoms with Gasteiger partial charge in [-0.1, -0.05) is 38.1 Å². The number of nitrogens with one attached hydrogen (secondary N) is 2. The number of guanidine groups is 1. The number of aliphatic imine (C=N–C) groups is 1. The summed E-state index contributed by atoms with van der Waals surface area (Å²) in [5.41, 5.74) is 2.54. The second kappa shape index (κ2) is 11.0. The first-order valence-electron chi connectivity index (χ1n) is 10.9. The fraction of sp³-hybridized carbons (Fsp3) is 0.591. The van der Waals surface area contributed by atoms with Gasteiger partial charge in [-0.3, -0.25) is 4.90 Å². The van der Waals surface area contributed by atoms with E-state index in [1.54, 1.807) is 6.33 Å². The number of nitrogens with zero attached hydrogens (tertiary/aromatic N) is 5. The Morgan fingerprint density at radius 2 is 2.10 bits per heavy atom. The summed E-state index contributed by atoms with van der Waals surface area (Å²) in [6.45, 7) is 12.0. The zero-order chi connectivity index (χ0) is 20.5. The van der Waals surface area contributed by atoms with Crippen molar-refractivity contribution >= 4 is 5.96 Å². The average Bonchev–Trinajstić information content (AvgIpc) is 3.39. The van der Waals surface area contributed by atoms with Crippen molar-refractivity contribution in [2.45, 2.75) is 59.2 Å². The first kappa shape index (κ1) is 21.3. The lowest BCUT2D eigenvalue weighted by atomic mass is 10.1. The maximum atomic E-state index is 4.86. The Hall–Kier alpha value is -2.41. The Bertz CT molecular complexity index is 783. The molecule has 0 bridgehead atoms. The van der Waals surface area contributed by atoms with Gasteiger partial charge in [-0.05, 0) is 44.0 Å². The number of likely N-dealkylation sites (N-methyl/N-ethyl adjacent to an activating group) is 1. The minimum absolute atomic E-state index is 0.593. The molecule has 29 heavy (non-hydrogen) atoms. The fourth-order valence-corrected chi connectivity index (χ4v) is 3.92. The zero-order valence-corrected chi connectivity index (χ0v) is 18.1. The molecule has 1 aromatic heterocycles. The van der Waals surface area contributed by atoms with Gasteiger partial charge >= 0.3 is 0 Å². The normalized spacial score (nSPS) is 17.6. The number of aryl methyl sites for hydroxylation is 2. The minimum atomic E-state index is 0.593. The van der Waals surface area contributed by atoms with Crippen LogP contribution in [0, 0.1) is 6.92 Å². The van der Waals surface area contributed by atoms with Gasteiger partial charge in [0, 0.05) is 32.1 Å². The van der Waals surface area contributed by atoms with E-state index in [-0.39, 0.29) is 0 Å². The third-order valence-electron chi connectivity index (χ3n) is 5.74. The van der Waals surface area contributed by atoms with Crippen molar-refractivity contribution in [1.29, 1.82) is 0 Å². The molecule has 0 spiro atoms. The lowest BCUT2D eigenvalue weighted by molar-refractivity contribution is 0.267. The van der Waals surface area contributed by atoms with Crippen LogP contribution in [0.5, 0.6) is 0 Å². The molecule has 3 rings (SSSR count). The van der Waals surface area contributed by atoms with Crippen LogP contribution in [-0.4, -0.2) is 57.8 Å². The highest BCUT2D eigenvalue weighted by atomic mass is 15.3. The highest BCUT2D eigenvalue weighted by molar-refractivity contribution is 5.79. The van der Waals surface area contributed by atoms with Gasteiger partial charge in [0.15, 0.2) is 5.96 Å². The van der Waals surface area contributed by atoms with Gasteiger partial charge in [-0.15, -0.1) is 10.2 Å². The maximum absolute atomic E-state index is 4.86. The Balaban J connectivity index is 1.60. The molecular formula is C22H35N7. The molecule has 0 radical (unpaired) electrons. The van der Waals surface area contributed by atoms with E-state index in [9.17, 15) is 0 Å².